The summed E-state index contributed by atoms with van der Waals surface area (Å²) in [5.74, 6) is -1.81. The van der Waals surface area contributed by atoms with Gasteiger partial charge in [0, 0.05) is 7.92 Å². The van der Waals surface area contributed by atoms with Crippen molar-refractivity contribution in [2.45, 2.75) is 32.2 Å². The van der Waals surface area contributed by atoms with Crippen LogP contribution in [0.3, 0.4) is 0 Å². The van der Waals surface area contributed by atoms with Gasteiger partial charge in [-0.15, -0.1) is 0 Å². The van der Waals surface area contributed by atoms with Gasteiger partial charge in [-0.2, -0.15) is 0 Å². The largest absolute Gasteiger partial charge is 0.671 e. The number of hydrogen-bond donors (Lipinski definition) is 2. The summed E-state index contributed by atoms with van der Waals surface area (Å²) >= 11 is 0. The molecule has 3 N–H and O–H groups in total. The lowest BCUT2D eigenvalue weighted by atomic mass is 10.1. The summed E-state index contributed by atoms with van der Waals surface area (Å²) in [6.07, 6.45) is 0. The highest BCUT2D eigenvalue weighted by molar-refractivity contribution is 7.74. The van der Waals surface area contributed by atoms with Crippen LogP contribution in [0.2, 0.25) is 0 Å². The minimum Gasteiger partial charge on any atom is -0.372 e. The van der Waals surface area contributed by atoms with E-state index in [9.17, 15) is 9.90 Å². The van der Waals surface area contributed by atoms with Crippen LogP contribution in [0.1, 0.15) is 20.8 Å². The van der Waals surface area contributed by atoms with Crippen LogP contribution in [0.25, 0.3) is 0 Å². The summed E-state index contributed by atoms with van der Waals surface area (Å²) in [6.45, 7) is 5.80. The molecule has 0 aromatic heterocycles. The predicted octanol–water partition coefficient (Wildman–Crippen LogP) is 1.26. The van der Waals surface area contributed by atoms with Crippen molar-refractivity contribution < 1.29 is 20.2 Å². The summed E-state index contributed by atoms with van der Waals surface area (Å²) < 4.78 is 0. The molecule has 0 saturated carbocycles. The van der Waals surface area contributed by atoms with Crippen LogP contribution in [0, 0.1) is 0 Å². The number of carbonyl (C=O) groups excluding carboxylic acids is 1. The minimum absolute atomic E-state index is 0.252. The molecule has 0 spiro atoms. The van der Waals surface area contributed by atoms with Gasteiger partial charge in [0.15, 0.2) is 0 Å². The molecule has 0 saturated heterocycles. The molecule has 2 aromatic carbocycles. The van der Waals surface area contributed by atoms with Crippen molar-refractivity contribution in [3.63, 3.8) is 0 Å². The molecule has 0 amide bonds. The van der Waals surface area contributed by atoms with E-state index in [-0.39, 0.29) is 5.54 Å². The van der Waals surface area contributed by atoms with E-state index < -0.39 is 19.7 Å². The van der Waals surface area contributed by atoms with Crippen LogP contribution >= 0.6 is 7.92 Å². The summed E-state index contributed by atoms with van der Waals surface area (Å²) in [5, 5.41) is 12.5. The molecule has 4 nitrogen and oxygen atoms in total. The fraction of sp³-hybridized carbons (Fsp3) is 0.278. The Labute approximate surface area is 138 Å². The molecular formula is C18H23NO3P+2. The lowest BCUT2D eigenvalue weighted by Crippen LogP contribution is -2.94. The second kappa shape index (κ2) is 7.69. The lowest BCUT2D eigenvalue weighted by Gasteiger charge is -2.19. The second-order valence-corrected chi connectivity index (χ2v) is 8.60. The Morgan fingerprint density at radius 1 is 1.00 bits per heavy atom. The third-order valence-electron chi connectivity index (χ3n) is 3.05. The number of aliphatic hydroxyl groups is 1. The first-order valence-electron chi connectivity index (χ1n) is 7.51. The Hall–Kier alpha value is -1.74. The van der Waals surface area contributed by atoms with E-state index in [1.54, 1.807) is 0 Å². The number of aliphatic hydroxyl groups excluding tert-OH is 1. The second-order valence-electron chi connectivity index (χ2n) is 6.34. The number of benzene rings is 2. The molecule has 0 aliphatic carbocycles. The molecule has 121 valence electrons. The zero-order valence-corrected chi connectivity index (χ0v) is 14.5. The van der Waals surface area contributed by atoms with Crippen molar-refractivity contribution in [2.75, 3.05) is 0 Å². The zero-order chi connectivity index (χ0) is 16.9. The van der Waals surface area contributed by atoms with E-state index in [1.807, 2.05) is 81.4 Å². The molecule has 2 rings (SSSR count). The van der Waals surface area contributed by atoms with Gasteiger partial charge in [0.2, 0.25) is 0 Å². The first-order valence-corrected chi connectivity index (χ1v) is 8.92. The molecule has 0 aliphatic rings. The van der Waals surface area contributed by atoms with Crippen LogP contribution in [-0.4, -0.2) is 22.5 Å². The van der Waals surface area contributed by atoms with E-state index >= 15 is 0 Å². The summed E-state index contributed by atoms with van der Waals surface area (Å²) in [7, 11) is -1.24. The van der Waals surface area contributed by atoms with Gasteiger partial charge in [0.1, 0.15) is 5.54 Å². The molecule has 23 heavy (non-hydrogen) atoms. The Bertz CT molecular complexity index is 586. The smallest absolute Gasteiger partial charge is 0.372 e. The normalized spacial score (nSPS) is 12.9. The molecule has 0 bridgehead atoms. The zero-order valence-electron chi connectivity index (χ0n) is 13.6. The van der Waals surface area contributed by atoms with E-state index in [0.29, 0.717) is 0 Å². The molecule has 1 radical (unpaired) electrons. The summed E-state index contributed by atoms with van der Waals surface area (Å²) in [5.41, 5.74) is 1.22. The van der Waals surface area contributed by atoms with Crippen LogP contribution in [0.4, 0.5) is 0 Å². The van der Waals surface area contributed by atoms with E-state index in [4.69, 9.17) is 4.84 Å². The maximum Gasteiger partial charge on any atom is 0.671 e. The van der Waals surface area contributed by atoms with Crippen LogP contribution in [0.5, 0.6) is 0 Å². The third-order valence-corrected chi connectivity index (χ3v) is 5.46. The average Bonchev–Trinajstić information content (AvgIpc) is 2.54. The fourth-order valence-electron chi connectivity index (χ4n) is 2.01. The molecular weight excluding hydrogens is 309 g/mol. The van der Waals surface area contributed by atoms with Crippen molar-refractivity contribution in [3.05, 3.63) is 60.7 Å². The van der Waals surface area contributed by atoms with E-state index in [0.717, 1.165) is 10.6 Å². The Morgan fingerprint density at radius 2 is 1.43 bits per heavy atom. The van der Waals surface area contributed by atoms with Crippen molar-refractivity contribution in [1.29, 1.82) is 0 Å². The van der Waals surface area contributed by atoms with Gasteiger partial charge in [-0.25, -0.2) is 0 Å². The standard InChI is InChI=1S/C18H22NO3P/c1-18(2,3)19-22-16(20)17(21)23(14-10-6-4-7-11-14)15-12-8-5-9-13-15/h4-13,17,19,21H,1-3H3/q+1/p+1. The Kier molecular flexibility index (Phi) is 5.89. The first kappa shape index (κ1) is 17.6. The van der Waals surface area contributed by atoms with Gasteiger partial charge < -0.3 is 5.11 Å². The average molecular weight is 332 g/mol. The maximum absolute atomic E-state index is 12.3. The van der Waals surface area contributed by atoms with Crippen molar-refractivity contribution >= 4 is 24.5 Å². The van der Waals surface area contributed by atoms with Gasteiger partial charge in [-0.3, -0.25) is 0 Å². The topological polar surface area (TPSA) is 66.0 Å². The SMILES string of the molecule is CC(C)(C)[NH2+]OC(=[O+])C(O)P(c1ccccc1)c1ccccc1. The summed E-state index contributed by atoms with van der Waals surface area (Å²) in [6, 6.07) is 19.2. The monoisotopic (exact) mass is 332 g/mol. The van der Waals surface area contributed by atoms with Gasteiger partial charge in [-0.05, 0) is 31.4 Å². The van der Waals surface area contributed by atoms with E-state index in [2.05, 4.69) is 0 Å². The number of hydroxylamine groups is 1. The molecule has 0 aliphatic heterocycles. The third kappa shape index (κ3) is 5.14. The van der Waals surface area contributed by atoms with Crippen LogP contribution in [0.15, 0.2) is 60.7 Å². The number of rotatable bonds is 5. The Balaban J connectivity index is 2.25. The highest BCUT2D eigenvalue weighted by Gasteiger charge is 2.42. The van der Waals surface area contributed by atoms with Crippen molar-refractivity contribution in [1.82, 2.24) is 0 Å². The molecule has 0 fully saturated rings. The molecule has 5 heteroatoms. The number of quaternary nitrogens is 1. The van der Waals surface area contributed by atoms with E-state index in [1.165, 1.54) is 5.48 Å². The van der Waals surface area contributed by atoms with Crippen molar-refractivity contribution in [3.8, 4) is 0 Å². The quantitative estimate of drug-likeness (QED) is 0.492. The van der Waals surface area contributed by atoms with Crippen LogP contribution < -0.4 is 16.1 Å². The van der Waals surface area contributed by atoms with Crippen LogP contribution in [-0.2, 0) is 9.63 Å². The van der Waals surface area contributed by atoms with Gasteiger partial charge in [0.05, 0.1) is 4.79 Å². The molecule has 1 unspecified atom stereocenters. The fourth-order valence-corrected chi connectivity index (χ4v) is 4.13. The molecule has 1 atom stereocenters. The summed E-state index contributed by atoms with van der Waals surface area (Å²) in [4.78, 5) is 17.5. The minimum atomic E-state index is -1.24. The highest BCUT2D eigenvalue weighted by Crippen LogP contribution is 2.38. The van der Waals surface area contributed by atoms with Crippen molar-refractivity contribution in [2.24, 2.45) is 0 Å². The lowest BCUT2D eigenvalue weighted by molar-refractivity contribution is -0.915. The highest BCUT2D eigenvalue weighted by atomic mass is 31.1. The number of nitrogens with two attached hydrogens (primary N) is 1. The molecule has 0 heterocycles. The van der Waals surface area contributed by atoms with Gasteiger partial charge in [0.25, 0.3) is 5.85 Å². The molecule has 2 aromatic rings. The number of hydrogen-bond acceptors (Lipinski definition) is 3. The maximum atomic E-state index is 12.3. The predicted molar refractivity (Wildman–Crippen MR) is 92.8 cm³/mol. The van der Waals surface area contributed by atoms with Gasteiger partial charge >= 0.3 is 5.97 Å². The number of carbonyl (C=O) groups is 1. The first-order chi connectivity index (χ1) is 10.9. The Morgan fingerprint density at radius 3 is 1.83 bits per heavy atom. The van der Waals surface area contributed by atoms with Gasteiger partial charge in [-0.1, -0.05) is 71.0 Å².